The molecule has 38 heavy (non-hydrogen) atoms. The molecule has 0 spiro atoms. The number of benzene rings is 2. The number of rotatable bonds is 7. The van der Waals surface area contributed by atoms with Gasteiger partial charge in [0.25, 0.3) is 10.0 Å². The van der Waals surface area contributed by atoms with Crippen molar-refractivity contribution in [3.8, 4) is 5.75 Å². The Bertz CT molecular complexity index is 1340. The van der Waals surface area contributed by atoms with Crippen molar-refractivity contribution >= 4 is 27.6 Å². The van der Waals surface area contributed by atoms with Gasteiger partial charge in [-0.15, -0.1) is 0 Å². The highest BCUT2D eigenvalue weighted by atomic mass is 32.2. The molecule has 0 aromatic heterocycles. The summed E-state index contributed by atoms with van der Waals surface area (Å²) in [4.78, 5) is 22.9. The van der Waals surface area contributed by atoms with E-state index >= 15 is 0 Å². The molecule has 1 aliphatic rings. The van der Waals surface area contributed by atoms with Crippen molar-refractivity contribution in [1.82, 2.24) is 0 Å². The lowest BCUT2D eigenvalue weighted by atomic mass is 10.0. The Balaban J connectivity index is 2.07. The van der Waals surface area contributed by atoms with E-state index in [-0.39, 0.29) is 30.3 Å². The zero-order chi connectivity index (χ0) is 28.6. The predicted molar refractivity (Wildman–Crippen MR) is 128 cm³/mol. The largest absolute Gasteiger partial charge is 0.486 e. The molecule has 2 aromatic carbocycles. The Morgan fingerprint density at radius 2 is 1.82 bits per heavy atom. The maximum Gasteiger partial charge on any atom is 0.419 e. The van der Waals surface area contributed by atoms with Gasteiger partial charge in [-0.05, 0) is 63.1 Å². The summed E-state index contributed by atoms with van der Waals surface area (Å²) in [6.45, 7) is 6.00. The third-order valence-corrected chi connectivity index (χ3v) is 7.37. The number of halogens is 4. The lowest BCUT2D eigenvalue weighted by Gasteiger charge is -2.36. The normalized spacial score (nSPS) is 16.8. The van der Waals surface area contributed by atoms with Crippen molar-refractivity contribution in [1.29, 1.82) is 0 Å². The Labute approximate surface area is 217 Å². The molecule has 1 heterocycles. The first-order valence-corrected chi connectivity index (χ1v) is 13.0. The van der Waals surface area contributed by atoms with Crippen LogP contribution < -0.4 is 9.04 Å². The number of hydrogen-bond donors (Lipinski definition) is 1. The highest BCUT2D eigenvalue weighted by molar-refractivity contribution is 7.92. The van der Waals surface area contributed by atoms with Crippen molar-refractivity contribution in [2.45, 2.75) is 63.3 Å². The van der Waals surface area contributed by atoms with Gasteiger partial charge in [0.2, 0.25) is 0 Å². The van der Waals surface area contributed by atoms with Gasteiger partial charge in [0.05, 0.1) is 35.0 Å². The summed E-state index contributed by atoms with van der Waals surface area (Å²) in [5.74, 6) is -4.26. The number of ether oxygens (including phenoxy) is 2. The third-order valence-electron chi connectivity index (χ3n) is 5.59. The van der Waals surface area contributed by atoms with Crippen LogP contribution in [0.25, 0.3) is 0 Å². The highest BCUT2D eigenvalue weighted by Crippen LogP contribution is 2.40. The van der Waals surface area contributed by atoms with Gasteiger partial charge >= 0.3 is 18.1 Å². The van der Waals surface area contributed by atoms with Crippen LogP contribution in [0.5, 0.6) is 5.75 Å². The van der Waals surface area contributed by atoms with Crippen LogP contribution in [0.3, 0.4) is 0 Å². The van der Waals surface area contributed by atoms with Crippen LogP contribution >= 0.6 is 0 Å². The standard InChI is InChI=1S/C25H27F4NO7S/c1-14(23(32)33)9-16-13-30(38(34,35)17-6-7-19(26)18(12-17)25(27,28)29)20-10-15(5-8-21(20)36-16)11-22(31)37-24(2,3)4/h5-8,10,12,14,16H,9,11,13H2,1-4H3,(H,32,33)/t14?,16-/m0/s1. The molecule has 2 aromatic rings. The number of carbonyl (C=O) groups excluding carboxylic acids is 1. The predicted octanol–water partition coefficient (Wildman–Crippen LogP) is 4.80. The molecule has 0 bridgehead atoms. The van der Waals surface area contributed by atoms with Crippen molar-refractivity contribution in [3.05, 3.63) is 53.3 Å². The summed E-state index contributed by atoms with van der Waals surface area (Å²) in [7, 11) is -4.71. The van der Waals surface area contributed by atoms with Crippen molar-refractivity contribution in [2.75, 3.05) is 10.8 Å². The number of carboxylic acid groups (broad SMARTS) is 1. The summed E-state index contributed by atoms with van der Waals surface area (Å²) < 4.78 is 92.9. The first kappa shape index (κ1) is 29.2. The Morgan fingerprint density at radius 3 is 2.39 bits per heavy atom. The van der Waals surface area contributed by atoms with Gasteiger partial charge in [0.15, 0.2) is 0 Å². The topological polar surface area (TPSA) is 110 Å². The Hall–Kier alpha value is -3.35. The minimum Gasteiger partial charge on any atom is -0.486 e. The fourth-order valence-electron chi connectivity index (χ4n) is 3.87. The molecule has 0 radical (unpaired) electrons. The Morgan fingerprint density at radius 1 is 1.16 bits per heavy atom. The molecule has 0 saturated carbocycles. The molecular weight excluding hydrogens is 534 g/mol. The first-order chi connectivity index (χ1) is 17.4. The van der Waals surface area contributed by atoms with Crippen LogP contribution in [0, 0.1) is 11.7 Å². The second-order valence-electron chi connectivity index (χ2n) is 9.96. The molecule has 2 atom stereocenters. The number of aliphatic carboxylic acids is 1. The van der Waals surface area contributed by atoms with E-state index in [1.807, 2.05) is 0 Å². The lowest BCUT2D eigenvalue weighted by Crippen LogP contribution is -2.44. The summed E-state index contributed by atoms with van der Waals surface area (Å²) in [5, 5.41) is 9.27. The number of sulfonamides is 1. The van der Waals surface area contributed by atoms with Crippen LogP contribution in [-0.4, -0.2) is 43.7 Å². The van der Waals surface area contributed by atoms with Gasteiger partial charge in [-0.25, -0.2) is 12.8 Å². The summed E-state index contributed by atoms with van der Waals surface area (Å²) in [5.41, 5.74) is -2.24. The number of anilines is 1. The number of nitrogens with zero attached hydrogens (tertiary/aromatic N) is 1. The van der Waals surface area contributed by atoms with Gasteiger partial charge in [-0.3, -0.25) is 13.9 Å². The minimum atomic E-state index is -5.14. The van der Waals surface area contributed by atoms with Crippen LogP contribution in [0.4, 0.5) is 23.2 Å². The van der Waals surface area contributed by atoms with E-state index in [1.165, 1.54) is 25.1 Å². The summed E-state index contributed by atoms with van der Waals surface area (Å²) in [6.07, 6.45) is -6.43. The number of fused-ring (bicyclic) bond motifs is 1. The van der Waals surface area contributed by atoms with E-state index < -0.39 is 68.6 Å². The smallest absolute Gasteiger partial charge is 0.419 e. The van der Waals surface area contributed by atoms with E-state index in [2.05, 4.69) is 0 Å². The molecule has 1 aliphatic heterocycles. The van der Waals surface area contributed by atoms with Crippen LogP contribution in [-0.2, 0) is 36.9 Å². The number of esters is 1. The molecule has 0 saturated heterocycles. The van der Waals surface area contributed by atoms with Gasteiger partial charge < -0.3 is 14.6 Å². The van der Waals surface area contributed by atoms with Gasteiger partial charge in [0, 0.05) is 0 Å². The molecule has 0 amide bonds. The molecule has 13 heteroatoms. The van der Waals surface area contributed by atoms with Crippen molar-refractivity contribution < 1.29 is 50.1 Å². The molecule has 3 rings (SSSR count). The number of alkyl halides is 3. The second-order valence-corrected chi connectivity index (χ2v) is 11.8. The van der Waals surface area contributed by atoms with E-state index in [0.717, 1.165) is 4.31 Å². The molecule has 0 aliphatic carbocycles. The average molecular weight is 562 g/mol. The fourth-order valence-corrected chi connectivity index (χ4v) is 5.39. The SMILES string of the molecule is CC(C[C@H]1CN(S(=O)(=O)c2ccc(F)c(C(F)(F)F)c2)c2cc(CC(=O)OC(C)(C)C)ccc2O1)C(=O)O. The molecule has 1 unspecified atom stereocenters. The van der Waals surface area contributed by atoms with Crippen molar-refractivity contribution in [3.63, 3.8) is 0 Å². The second kappa shape index (κ2) is 10.4. The number of carboxylic acids is 1. The zero-order valence-corrected chi connectivity index (χ0v) is 21.8. The maximum absolute atomic E-state index is 13.9. The Kier molecular flexibility index (Phi) is 8.02. The van der Waals surface area contributed by atoms with E-state index in [1.54, 1.807) is 20.8 Å². The van der Waals surface area contributed by atoms with Gasteiger partial charge in [-0.2, -0.15) is 13.2 Å². The van der Waals surface area contributed by atoms with Crippen LogP contribution in [0.1, 0.15) is 45.2 Å². The molecular formula is C25H27F4NO7S. The average Bonchev–Trinajstić information content (AvgIpc) is 2.76. The minimum absolute atomic E-state index is 0.0218. The van der Waals surface area contributed by atoms with Gasteiger partial charge in [-0.1, -0.05) is 13.0 Å². The zero-order valence-electron chi connectivity index (χ0n) is 21.0. The number of hydrogen-bond acceptors (Lipinski definition) is 6. The molecule has 208 valence electrons. The lowest BCUT2D eigenvalue weighted by molar-refractivity contribution is -0.154. The van der Waals surface area contributed by atoms with E-state index in [0.29, 0.717) is 17.7 Å². The maximum atomic E-state index is 13.9. The quantitative estimate of drug-likeness (QED) is 0.382. The molecule has 0 fully saturated rings. The molecule has 1 N–H and O–H groups in total. The van der Waals surface area contributed by atoms with Crippen LogP contribution in [0.15, 0.2) is 41.3 Å². The first-order valence-electron chi connectivity index (χ1n) is 11.5. The number of carbonyl (C=O) groups is 2. The monoisotopic (exact) mass is 561 g/mol. The summed E-state index contributed by atoms with van der Waals surface area (Å²) in [6, 6.07) is 5.56. The van der Waals surface area contributed by atoms with Gasteiger partial charge in [0.1, 0.15) is 23.3 Å². The van der Waals surface area contributed by atoms with Crippen molar-refractivity contribution in [2.24, 2.45) is 5.92 Å². The third kappa shape index (κ3) is 6.74. The fraction of sp³-hybridized carbons (Fsp3) is 0.440. The van der Waals surface area contributed by atoms with E-state index in [9.17, 15) is 40.7 Å². The summed E-state index contributed by atoms with van der Waals surface area (Å²) >= 11 is 0. The van der Waals surface area contributed by atoms with Crippen LogP contribution in [0.2, 0.25) is 0 Å². The highest BCUT2D eigenvalue weighted by Gasteiger charge is 2.39. The van der Waals surface area contributed by atoms with E-state index in [4.69, 9.17) is 9.47 Å². The molecule has 8 nitrogen and oxygen atoms in total.